The van der Waals surface area contributed by atoms with Gasteiger partial charge in [0.15, 0.2) is 5.11 Å². The minimum Gasteiger partial charge on any atom is -0.497 e. The topological polar surface area (TPSA) is 75.4 Å². The molecule has 21 heavy (non-hydrogen) atoms. The van der Waals surface area contributed by atoms with Crippen molar-refractivity contribution in [2.75, 3.05) is 26.1 Å². The lowest BCUT2D eigenvalue weighted by Crippen LogP contribution is -2.25. The second kappa shape index (κ2) is 6.45. The average molecular weight is 307 g/mol. The summed E-state index contributed by atoms with van der Waals surface area (Å²) in [7, 11) is 3.29. The van der Waals surface area contributed by atoms with Crippen LogP contribution in [0, 0.1) is 0 Å². The molecular weight excluding hydrogens is 290 g/mol. The van der Waals surface area contributed by atoms with Crippen LogP contribution in [0.25, 0.3) is 10.9 Å². The summed E-state index contributed by atoms with van der Waals surface area (Å²) in [6.45, 7) is 2.06. The first kappa shape index (κ1) is 15.1. The molecular formula is C14H17N3O3S. The predicted molar refractivity (Wildman–Crippen MR) is 86.1 cm³/mol. The average Bonchev–Trinajstić information content (AvgIpc) is 2.85. The summed E-state index contributed by atoms with van der Waals surface area (Å²) >= 11 is 5.12. The van der Waals surface area contributed by atoms with Crippen molar-refractivity contribution in [2.45, 2.75) is 6.92 Å². The third-order valence-electron chi connectivity index (χ3n) is 2.95. The molecule has 7 heteroatoms. The number of H-pyrrole nitrogens is 1. The number of methoxy groups -OCH3 is 1. The second-order valence-corrected chi connectivity index (χ2v) is 4.62. The summed E-state index contributed by atoms with van der Waals surface area (Å²) in [6, 6.07) is 5.48. The number of hydrogen-bond donors (Lipinski definition) is 3. The van der Waals surface area contributed by atoms with E-state index in [0.29, 0.717) is 28.9 Å². The van der Waals surface area contributed by atoms with Gasteiger partial charge in [-0.05, 0) is 37.3 Å². The van der Waals surface area contributed by atoms with Crippen molar-refractivity contribution in [3.63, 3.8) is 0 Å². The molecule has 0 aliphatic rings. The van der Waals surface area contributed by atoms with E-state index in [1.165, 1.54) is 0 Å². The van der Waals surface area contributed by atoms with Gasteiger partial charge < -0.3 is 25.1 Å². The Bertz CT molecular complexity index is 681. The Morgan fingerprint density at radius 3 is 2.81 bits per heavy atom. The minimum atomic E-state index is -0.436. The van der Waals surface area contributed by atoms with E-state index in [0.717, 1.165) is 10.9 Å². The standard InChI is InChI=1S/C14H17N3O3S/c1-4-20-13(18)12-11(17-14(21)15-2)9-7-8(19-3)5-6-10(9)16-12/h5-7,16H,4H2,1-3H3,(H2,15,17,21). The van der Waals surface area contributed by atoms with E-state index < -0.39 is 5.97 Å². The first-order chi connectivity index (χ1) is 10.1. The molecule has 0 aliphatic heterocycles. The number of nitrogens with one attached hydrogen (secondary N) is 3. The zero-order chi connectivity index (χ0) is 15.4. The Hall–Kier alpha value is -2.28. The van der Waals surface area contributed by atoms with Gasteiger partial charge in [-0.2, -0.15) is 0 Å². The molecule has 1 aromatic carbocycles. The molecule has 3 N–H and O–H groups in total. The molecule has 0 bridgehead atoms. The number of esters is 1. The number of ether oxygens (including phenoxy) is 2. The molecule has 0 spiro atoms. The fraction of sp³-hybridized carbons (Fsp3) is 0.286. The molecule has 0 fully saturated rings. The lowest BCUT2D eigenvalue weighted by molar-refractivity contribution is 0.0522. The highest BCUT2D eigenvalue weighted by atomic mass is 32.1. The van der Waals surface area contributed by atoms with Crippen molar-refractivity contribution >= 4 is 39.9 Å². The zero-order valence-electron chi connectivity index (χ0n) is 12.1. The molecule has 0 aliphatic carbocycles. The van der Waals surface area contributed by atoms with Gasteiger partial charge in [-0.1, -0.05) is 0 Å². The summed E-state index contributed by atoms with van der Waals surface area (Å²) in [5, 5.41) is 7.03. The normalized spacial score (nSPS) is 10.2. The smallest absolute Gasteiger partial charge is 0.356 e. The zero-order valence-corrected chi connectivity index (χ0v) is 12.9. The van der Waals surface area contributed by atoms with Gasteiger partial charge in [-0.3, -0.25) is 0 Å². The molecule has 6 nitrogen and oxygen atoms in total. The summed E-state index contributed by atoms with van der Waals surface area (Å²) in [5.41, 5.74) is 1.69. The quantitative estimate of drug-likeness (QED) is 0.594. The van der Waals surface area contributed by atoms with E-state index >= 15 is 0 Å². The summed E-state index contributed by atoms with van der Waals surface area (Å²) in [5.74, 6) is 0.254. The molecule has 112 valence electrons. The number of benzene rings is 1. The lowest BCUT2D eigenvalue weighted by atomic mass is 10.2. The SMILES string of the molecule is CCOC(=O)c1[nH]c2ccc(OC)cc2c1NC(=S)NC. The van der Waals surface area contributed by atoms with Crippen molar-refractivity contribution in [3.05, 3.63) is 23.9 Å². The van der Waals surface area contributed by atoms with Gasteiger partial charge in [0.1, 0.15) is 11.4 Å². The largest absolute Gasteiger partial charge is 0.497 e. The van der Waals surface area contributed by atoms with Gasteiger partial charge in [0.2, 0.25) is 0 Å². The molecule has 0 saturated carbocycles. The minimum absolute atomic E-state index is 0.299. The molecule has 0 amide bonds. The number of fused-ring (bicyclic) bond motifs is 1. The van der Waals surface area contributed by atoms with Crippen LogP contribution in [0.2, 0.25) is 0 Å². The first-order valence-corrected chi connectivity index (χ1v) is 6.87. The van der Waals surface area contributed by atoms with Crippen molar-refractivity contribution < 1.29 is 14.3 Å². The van der Waals surface area contributed by atoms with Crippen molar-refractivity contribution in [2.24, 2.45) is 0 Å². The highest BCUT2D eigenvalue weighted by Crippen LogP contribution is 2.31. The van der Waals surface area contributed by atoms with Crippen LogP contribution in [0.15, 0.2) is 18.2 Å². The fourth-order valence-corrected chi connectivity index (χ4v) is 2.06. The highest BCUT2D eigenvalue weighted by Gasteiger charge is 2.20. The number of hydrogen-bond acceptors (Lipinski definition) is 4. The summed E-state index contributed by atoms with van der Waals surface area (Å²) in [4.78, 5) is 15.1. The van der Waals surface area contributed by atoms with Gasteiger partial charge in [0.25, 0.3) is 0 Å². The van der Waals surface area contributed by atoms with Gasteiger partial charge >= 0.3 is 5.97 Å². The number of aromatic amines is 1. The van der Waals surface area contributed by atoms with E-state index in [9.17, 15) is 4.79 Å². The molecule has 2 aromatic rings. The maximum absolute atomic E-state index is 12.1. The molecule has 0 atom stereocenters. The Morgan fingerprint density at radius 2 is 2.19 bits per heavy atom. The van der Waals surface area contributed by atoms with Crippen LogP contribution in [0.4, 0.5) is 5.69 Å². The lowest BCUT2D eigenvalue weighted by Gasteiger charge is -2.09. The van der Waals surface area contributed by atoms with Crippen LogP contribution in [0.3, 0.4) is 0 Å². The number of rotatable bonds is 4. The van der Waals surface area contributed by atoms with E-state index in [1.807, 2.05) is 18.2 Å². The molecule has 2 rings (SSSR count). The van der Waals surface area contributed by atoms with E-state index in [-0.39, 0.29) is 0 Å². The number of thiocarbonyl (C=S) groups is 1. The third-order valence-corrected chi connectivity index (χ3v) is 3.26. The Labute approximate surface area is 127 Å². The molecule has 1 heterocycles. The van der Waals surface area contributed by atoms with Crippen LogP contribution in [0.1, 0.15) is 17.4 Å². The maximum atomic E-state index is 12.1. The number of anilines is 1. The maximum Gasteiger partial charge on any atom is 0.356 e. The second-order valence-electron chi connectivity index (χ2n) is 4.21. The van der Waals surface area contributed by atoms with Crippen LogP contribution >= 0.6 is 12.2 Å². The van der Waals surface area contributed by atoms with E-state index in [1.54, 1.807) is 21.1 Å². The first-order valence-electron chi connectivity index (χ1n) is 6.46. The van der Waals surface area contributed by atoms with Crippen molar-refractivity contribution in [1.29, 1.82) is 0 Å². The Kier molecular flexibility index (Phi) is 4.64. The fourth-order valence-electron chi connectivity index (χ4n) is 1.96. The highest BCUT2D eigenvalue weighted by molar-refractivity contribution is 7.80. The molecule has 0 unspecified atom stereocenters. The monoisotopic (exact) mass is 307 g/mol. The Balaban J connectivity index is 2.57. The van der Waals surface area contributed by atoms with Gasteiger partial charge in [-0.15, -0.1) is 0 Å². The third kappa shape index (κ3) is 3.08. The summed E-state index contributed by atoms with van der Waals surface area (Å²) in [6.07, 6.45) is 0. The van der Waals surface area contributed by atoms with Crippen LogP contribution in [-0.4, -0.2) is 36.8 Å². The van der Waals surface area contributed by atoms with Gasteiger partial charge in [0, 0.05) is 18.0 Å². The number of aromatic nitrogens is 1. The predicted octanol–water partition coefficient (Wildman–Crippen LogP) is 2.27. The van der Waals surface area contributed by atoms with Crippen molar-refractivity contribution in [1.82, 2.24) is 10.3 Å². The van der Waals surface area contributed by atoms with Crippen LogP contribution in [-0.2, 0) is 4.74 Å². The van der Waals surface area contributed by atoms with Gasteiger partial charge in [0.05, 0.1) is 19.4 Å². The van der Waals surface area contributed by atoms with Crippen LogP contribution < -0.4 is 15.4 Å². The van der Waals surface area contributed by atoms with E-state index in [2.05, 4.69) is 15.6 Å². The molecule has 0 saturated heterocycles. The summed E-state index contributed by atoms with van der Waals surface area (Å²) < 4.78 is 10.3. The van der Waals surface area contributed by atoms with Crippen LogP contribution in [0.5, 0.6) is 5.75 Å². The van der Waals surface area contributed by atoms with E-state index in [4.69, 9.17) is 21.7 Å². The number of carbonyl (C=O) groups is 1. The van der Waals surface area contributed by atoms with Gasteiger partial charge in [-0.25, -0.2) is 4.79 Å². The molecule has 1 aromatic heterocycles. The number of carbonyl (C=O) groups excluding carboxylic acids is 1. The van der Waals surface area contributed by atoms with Crippen molar-refractivity contribution in [3.8, 4) is 5.75 Å². The molecule has 0 radical (unpaired) electrons. The Morgan fingerprint density at radius 1 is 1.43 bits per heavy atom.